The minimum Gasteiger partial charge on any atom is -0.434 e. The molecule has 0 unspecified atom stereocenters. The zero-order valence-electron chi connectivity index (χ0n) is 16.4. The predicted octanol–water partition coefficient (Wildman–Crippen LogP) is 2.63. The third-order valence-corrected chi connectivity index (χ3v) is 4.44. The second kappa shape index (κ2) is 9.45. The number of fused-ring (bicyclic) bond motifs is 1. The number of pyridine rings is 1. The summed E-state index contributed by atoms with van der Waals surface area (Å²) in [7, 11) is 1.38. The van der Waals surface area contributed by atoms with Crippen molar-refractivity contribution in [3.8, 4) is 5.75 Å². The Morgan fingerprint density at radius 3 is 2.66 bits per heavy atom. The van der Waals surface area contributed by atoms with Crippen LogP contribution in [-0.4, -0.2) is 36.4 Å². The Hall–Kier alpha value is -3.96. The van der Waals surface area contributed by atoms with Gasteiger partial charge in [0.25, 0.3) is 18.2 Å². The number of hydrogen-bond acceptors (Lipinski definition) is 5. The van der Waals surface area contributed by atoms with E-state index in [1.54, 1.807) is 0 Å². The van der Waals surface area contributed by atoms with Crippen LogP contribution in [0.2, 0.25) is 0 Å². The molecule has 12 heteroatoms. The molecule has 2 aromatic rings. The number of rotatable bonds is 6. The number of nitrogens with one attached hydrogen (secondary N) is 3. The van der Waals surface area contributed by atoms with Crippen molar-refractivity contribution in [2.45, 2.75) is 19.6 Å². The maximum Gasteiger partial charge on any atom is 0.387 e. The number of anilines is 1. The number of hydrogen-bond donors (Lipinski definition) is 3. The van der Waals surface area contributed by atoms with E-state index < -0.39 is 42.1 Å². The van der Waals surface area contributed by atoms with Crippen molar-refractivity contribution < 1.29 is 36.7 Å². The summed E-state index contributed by atoms with van der Waals surface area (Å²) in [6.45, 7) is -3.52. The minimum absolute atomic E-state index is 0.0124. The van der Waals surface area contributed by atoms with Crippen LogP contribution in [0, 0.1) is 0 Å². The van der Waals surface area contributed by atoms with E-state index in [1.807, 2.05) is 0 Å². The molecular formula is C20H16F4N4O4. The molecule has 2 heterocycles. The molecule has 8 nitrogen and oxygen atoms in total. The van der Waals surface area contributed by atoms with E-state index in [1.165, 1.54) is 25.4 Å². The fourth-order valence-corrected chi connectivity index (χ4v) is 3.05. The van der Waals surface area contributed by atoms with Crippen LogP contribution in [0.1, 0.15) is 33.6 Å². The van der Waals surface area contributed by atoms with Gasteiger partial charge in [0.2, 0.25) is 5.91 Å². The Kier molecular flexibility index (Phi) is 6.71. The summed E-state index contributed by atoms with van der Waals surface area (Å²) < 4.78 is 56.1. The third kappa shape index (κ3) is 4.85. The second-order valence-electron chi connectivity index (χ2n) is 6.44. The molecule has 1 aliphatic rings. The van der Waals surface area contributed by atoms with E-state index in [2.05, 4.69) is 25.7 Å². The summed E-state index contributed by atoms with van der Waals surface area (Å²) in [5.41, 5.74) is -0.873. The second-order valence-corrected chi connectivity index (χ2v) is 6.44. The largest absolute Gasteiger partial charge is 0.434 e. The van der Waals surface area contributed by atoms with Crippen LogP contribution < -0.4 is 20.7 Å². The van der Waals surface area contributed by atoms with Gasteiger partial charge in [-0.15, -0.1) is 0 Å². The SMILES string of the molecule is CNC(=O)c1ncccc1NC(=O)/C=C1\C(=O)NCc2cc(C(F)F)c(OC(F)F)cc21. The summed E-state index contributed by atoms with van der Waals surface area (Å²) in [4.78, 5) is 40.7. The number of carbonyl (C=O) groups excluding carboxylic acids is 3. The molecule has 0 bridgehead atoms. The Morgan fingerprint density at radius 1 is 1.25 bits per heavy atom. The highest BCUT2D eigenvalue weighted by atomic mass is 19.3. The number of amides is 3. The topological polar surface area (TPSA) is 109 Å². The van der Waals surface area contributed by atoms with Gasteiger partial charge >= 0.3 is 6.61 Å². The molecule has 0 saturated heterocycles. The molecule has 0 aliphatic carbocycles. The lowest BCUT2D eigenvalue weighted by atomic mass is 9.92. The molecule has 3 amide bonds. The molecule has 1 aromatic heterocycles. The average Bonchev–Trinajstić information content (AvgIpc) is 2.74. The lowest BCUT2D eigenvalue weighted by Crippen LogP contribution is -2.30. The van der Waals surface area contributed by atoms with E-state index >= 15 is 0 Å². The van der Waals surface area contributed by atoms with Crippen molar-refractivity contribution in [2.24, 2.45) is 0 Å². The quantitative estimate of drug-likeness (QED) is 0.461. The summed E-state index contributed by atoms with van der Waals surface area (Å²) in [6, 6.07) is 4.69. The zero-order chi connectivity index (χ0) is 23.4. The van der Waals surface area contributed by atoms with Gasteiger partial charge in [-0.3, -0.25) is 14.4 Å². The van der Waals surface area contributed by atoms with Gasteiger partial charge in [-0.25, -0.2) is 13.8 Å². The van der Waals surface area contributed by atoms with Crippen LogP contribution in [0.15, 0.2) is 36.5 Å². The number of aromatic nitrogens is 1. The van der Waals surface area contributed by atoms with E-state index in [-0.39, 0.29) is 34.6 Å². The van der Waals surface area contributed by atoms with Gasteiger partial charge in [0, 0.05) is 25.9 Å². The van der Waals surface area contributed by atoms with E-state index in [9.17, 15) is 31.9 Å². The highest BCUT2D eigenvalue weighted by Crippen LogP contribution is 2.36. The van der Waals surface area contributed by atoms with Crippen LogP contribution in [0.3, 0.4) is 0 Å². The molecule has 0 atom stereocenters. The molecule has 1 aliphatic heterocycles. The molecule has 0 saturated carbocycles. The first-order valence-corrected chi connectivity index (χ1v) is 9.09. The van der Waals surface area contributed by atoms with Crippen LogP contribution in [0.5, 0.6) is 5.75 Å². The monoisotopic (exact) mass is 452 g/mol. The number of halogens is 4. The molecule has 0 fully saturated rings. The van der Waals surface area contributed by atoms with Gasteiger partial charge in [-0.1, -0.05) is 0 Å². The van der Waals surface area contributed by atoms with Crippen molar-refractivity contribution in [2.75, 3.05) is 12.4 Å². The lowest BCUT2D eigenvalue weighted by Gasteiger charge is -2.22. The number of ether oxygens (including phenoxy) is 1. The van der Waals surface area contributed by atoms with Crippen LogP contribution in [0.4, 0.5) is 23.2 Å². The molecule has 3 N–H and O–H groups in total. The normalized spacial score (nSPS) is 14.2. The first kappa shape index (κ1) is 22.7. The summed E-state index contributed by atoms with van der Waals surface area (Å²) in [6.07, 6.45) is -0.896. The van der Waals surface area contributed by atoms with Crippen molar-refractivity contribution in [3.05, 3.63) is 58.9 Å². The van der Waals surface area contributed by atoms with Crippen LogP contribution in [-0.2, 0) is 16.1 Å². The minimum atomic E-state index is -3.37. The van der Waals surface area contributed by atoms with Crippen molar-refractivity contribution in [1.82, 2.24) is 15.6 Å². The number of nitrogens with zero attached hydrogens (tertiary/aromatic N) is 1. The highest BCUT2D eigenvalue weighted by molar-refractivity contribution is 6.26. The van der Waals surface area contributed by atoms with E-state index in [0.29, 0.717) is 0 Å². The molecule has 3 rings (SSSR count). The van der Waals surface area contributed by atoms with Gasteiger partial charge in [0.05, 0.1) is 16.8 Å². The Balaban J connectivity index is 2.00. The van der Waals surface area contributed by atoms with Crippen LogP contribution in [0.25, 0.3) is 5.57 Å². The van der Waals surface area contributed by atoms with Gasteiger partial charge in [0.1, 0.15) is 5.75 Å². The number of alkyl halides is 4. The zero-order valence-corrected chi connectivity index (χ0v) is 16.4. The predicted molar refractivity (Wildman–Crippen MR) is 104 cm³/mol. The highest BCUT2D eigenvalue weighted by Gasteiger charge is 2.27. The first-order chi connectivity index (χ1) is 15.2. The fourth-order valence-electron chi connectivity index (χ4n) is 3.05. The maximum absolute atomic E-state index is 13.3. The van der Waals surface area contributed by atoms with Gasteiger partial charge < -0.3 is 20.7 Å². The van der Waals surface area contributed by atoms with Gasteiger partial charge in [-0.2, -0.15) is 8.78 Å². The van der Waals surface area contributed by atoms with Crippen molar-refractivity contribution in [1.29, 1.82) is 0 Å². The lowest BCUT2D eigenvalue weighted by molar-refractivity contribution is -0.116. The van der Waals surface area contributed by atoms with Gasteiger partial charge in [-0.05, 0) is 35.4 Å². The molecule has 0 radical (unpaired) electrons. The Bertz CT molecular complexity index is 1110. The Morgan fingerprint density at radius 2 is 2.00 bits per heavy atom. The molecule has 32 heavy (non-hydrogen) atoms. The smallest absolute Gasteiger partial charge is 0.387 e. The third-order valence-electron chi connectivity index (χ3n) is 4.44. The fraction of sp³-hybridized carbons (Fsp3) is 0.200. The van der Waals surface area contributed by atoms with Crippen molar-refractivity contribution >= 4 is 29.0 Å². The van der Waals surface area contributed by atoms with E-state index in [4.69, 9.17) is 0 Å². The van der Waals surface area contributed by atoms with Crippen molar-refractivity contribution in [3.63, 3.8) is 0 Å². The van der Waals surface area contributed by atoms with Crippen LogP contribution >= 0.6 is 0 Å². The summed E-state index contributed by atoms with van der Waals surface area (Å²) in [5, 5.41) is 7.20. The number of carbonyl (C=O) groups is 3. The molecular weight excluding hydrogens is 436 g/mol. The maximum atomic E-state index is 13.3. The average molecular weight is 452 g/mol. The number of benzene rings is 1. The standard InChI is InChI=1S/C20H16F4N4O4/c1-25-19(31)16-13(3-2-4-26-16)28-15(29)7-11-10-6-14(32-20(23)24)12(17(21)22)5-9(10)8-27-18(11)30/h2-7,17,20H,8H2,1H3,(H,25,31)(H,27,30)(H,28,29)/b11-7-. The summed E-state index contributed by atoms with van der Waals surface area (Å²) in [5.74, 6) is -2.93. The van der Waals surface area contributed by atoms with Gasteiger partial charge in [0.15, 0.2) is 5.69 Å². The molecule has 1 aromatic carbocycles. The van der Waals surface area contributed by atoms with E-state index in [0.717, 1.165) is 18.2 Å². The molecule has 0 spiro atoms. The Labute approximate surface area is 178 Å². The first-order valence-electron chi connectivity index (χ1n) is 9.09. The molecule has 168 valence electrons. The summed E-state index contributed by atoms with van der Waals surface area (Å²) >= 11 is 0.